The van der Waals surface area contributed by atoms with Crippen LogP contribution in [0.2, 0.25) is 5.02 Å². The highest BCUT2D eigenvalue weighted by atomic mass is 35.5. The summed E-state index contributed by atoms with van der Waals surface area (Å²) >= 11 is 6.11. The lowest BCUT2D eigenvalue weighted by Crippen LogP contribution is -2.37. The number of nitrogens with zero attached hydrogens (tertiary/aromatic N) is 3. The zero-order valence-corrected chi connectivity index (χ0v) is 19.5. The van der Waals surface area contributed by atoms with E-state index in [0.29, 0.717) is 23.7 Å². The molecule has 0 amide bonds. The highest BCUT2D eigenvalue weighted by Gasteiger charge is 2.30. The van der Waals surface area contributed by atoms with Crippen molar-refractivity contribution in [3.63, 3.8) is 0 Å². The molecule has 0 aliphatic heterocycles. The first kappa shape index (κ1) is 24.8. The van der Waals surface area contributed by atoms with Crippen molar-refractivity contribution in [1.82, 2.24) is 4.31 Å². The number of hydrogen-bond donors (Lipinski definition) is 1. The summed E-state index contributed by atoms with van der Waals surface area (Å²) in [4.78, 5) is 10.5. The Hall–Kier alpha value is -2.49. The molecule has 1 N–H and O–H groups in total. The number of non-ortho nitro benzene ring substituents is 1. The largest absolute Gasteiger partial charge is 0.277 e. The maximum atomic E-state index is 13.5. The van der Waals surface area contributed by atoms with Crippen LogP contribution in [0.15, 0.2) is 52.5 Å². The topological polar surface area (TPSA) is 105 Å². The van der Waals surface area contributed by atoms with Crippen LogP contribution in [0.5, 0.6) is 0 Å². The molecule has 0 radical (unpaired) electrons. The van der Waals surface area contributed by atoms with Gasteiger partial charge in [0.15, 0.2) is 0 Å². The minimum atomic E-state index is -4.01. The molecular weight excluding hydrogens is 440 g/mol. The van der Waals surface area contributed by atoms with Crippen LogP contribution in [0.3, 0.4) is 0 Å². The Labute approximate surface area is 188 Å². The van der Waals surface area contributed by atoms with Crippen LogP contribution in [0.1, 0.15) is 33.3 Å². The van der Waals surface area contributed by atoms with Gasteiger partial charge in [-0.2, -0.15) is 9.41 Å². The van der Waals surface area contributed by atoms with Crippen LogP contribution in [-0.2, 0) is 10.0 Å². The number of nitro benzene ring substituents is 1. The molecular formula is C21H27ClN4O4S. The minimum Gasteiger partial charge on any atom is -0.277 e. The van der Waals surface area contributed by atoms with Crippen LogP contribution in [0.25, 0.3) is 0 Å². The molecule has 2 aromatic rings. The van der Waals surface area contributed by atoms with E-state index in [-0.39, 0.29) is 28.1 Å². The van der Waals surface area contributed by atoms with Gasteiger partial charge in [-0.3, -0.25) is 15.5 Å². The van der Waals surface area contributed by atoms with Gasteiger partial charge in [-0.1, -0.05) is 57.5 Å². The van der Waals surface area contributed by atoms with Gasteiger partial charge in [0.2, 0.25) is 10.0 Å². The molecule has 0 unspecified atom stereocenters. The summed E-state index contributed by atoms with van der Waals surface area (Å²) in [5.41, 5.74) is 3.18. The van der Waals surface area contributed by atoms with Gasteiger partial charge < -0.3 is 0 Å². The van der Waals surface area contributed by atoms with Crippen molar-refractivity contribution < 1.29 is 13.3 Å². The lowest BCUT2D eigenvalue weighted by Gasteiger charge is -2.26. The lowest BCUT2D eigenvalue weighted by molar-refractivity contribution is -0.385. The van der Waals surface area contributed by atoms with Gasteiger partial charge in [-0.05, 0) is 24.0 Å². The molecule has 168 valence electrons. The van der Waals surface area contributed by atoms with Gasteiger partial charge in [-0.15, -0.1) is 0 Å². The van der Waals surface area contributed by atoms with Gasteiger partial charge >= 0.3 is 0 Å². The summed E-state index contributed by atoms with van der Waals surface area (Å²) in [5.74, 6) is 0.170. The fourth-order valence-electron chi connectivity index (χ4n) is 2.91. The molecule has 8 nitrogen and oxygen atoms in total. The zero-order valence-electron chi connectivity index (χ0n) is 17.9. The van der Waals surface area contributed by atoms with Crippen LogP contribution >= 0.6 is 11.6 Å². The number of nitrogens with one attached hydrogen (secondary N) is 1. The maximum absolute atomic E-state index is 13.5. The summed E-state index contributed by atoms with van der Waals surface area (Å²) in [7, 11) is -4.01. The van der Waals surface area contributed by atoms with E-state index in [1.165, 1.54) is 22.7 Å². The third-order valence-corrected chi connectivity index (χ3v) is 6.44. The fraction of sp³-hybridized carbons (Fsp3) is 0.381. The second-order valence-electron chi connectivity index (χ2n) is 7.94. The highest BCUT2D eigenvalue weighted by molar-refractivity contribution is 7.89. The monoisotopic (exact) mass is 466 g/mol. The number of hydrazone groups is 1. The van der Waals surface area contributed by atoms with E-state index in [9.17, 15) is 18.5 Å². The van der Waals surface area contributed by atoms with Gasteiger partial charge in [0.05, 0.1) is 16.8 Å². The first-order valence-electron chi connectivity index (χ1n) is 9.84. The Kier molecular flexibility index (Phi) is 8.55. The molecule has 0 aromatic heterocycles. The Balaban J connectivity index is 2.48. The van der Waals surface area contributed by atoms with Gasteiger partial charge in [0.1, 0.15) is 4.90 Å². The Morgan fingerprint density at radius 1 is 1.13 bits per heavy atom. The molecule has 0 aliphatic carbocycles. The molecule has 0 fully saturated rings. The molecule has 0 atom stereocenters. The lowest BCUT2D eigenvalue weighted by atomic mass is 10.2. The Morgan fingerprint density at radius 3 is 2.29 bits per heavy atom. The highest BCUT2D eigenvalue weighted by Crippen LogP contribution is 2.30. The van der Waals surface area contributed by atoms with E-state index >= 15 is 0 Å². The van der Waals surface area contributed by atoms with E-state index in [0.717, 1.165) is 6.07 Å². The third-order valence-electron chi connectivity index (χ3n) is 4.23. The molecule has 31 heavy (non-hydrogen) atoms. The number of benzene rings is 2. The molecule has 0 saturated carbocycles. The van der Waals surface area contributed by atoms with Crippen molar-refractivity contribution in [2.24, 2.45) is 16.9 Å². The maximum Gasteiger partial charge on any atom is 0.270 e. The summed E-state index contributed by atoms with van der Waals surface area (Å²) < 4.78 is 28.3. The normalized spacial score (nSPS) is 12.3. The van der Waals surface area contributed by atoms with E-state index in [1.807, 2.05) is 27.7 Å². The van der Waals surface area contributed by atoms with E-state index < -0.39 is 14.9 Å². The number of hydrogen-bond acceptors (Lipinski definition) is 6. The van der Waals surface area contributed by atoms with Crippen LogP contribution < -0.4 is 5.43 Å². The number of nitro groups is 1. The number of halogens is 1. The van der Waals surface area contributed by atoms with Crippen molar-refractivity contribution in [2.75, 3.05) is 18.5 Å². The van der Waals surface area contributed by atoms with Crippen molar-refractivity contribution in [1.29, 1.82) is 0 Å². The minimum absolute atomic E-state index is 0.0851. The van der Waals surface area contributed by atoms with Crippen LogP contribution in [-0.4, -0.2) is 37.0 Å². The second-order valence-corrected chi connectivity index (χ2v) is 10.3. The molecule has 2 rings (SSSR count). The van der Waals surface area contributed by atoms with Crippen molar-refractivity contribution in [3.05, 3.63) is 63.2 Å². The Bertz CT molecular complexity index is 1050. The van der Waals surface area contributed by atoms with E-state index in [4.69, 9.17) is 11.6 Å². The second kappa shape index (κ2) is 10.7. The van der Waals surface area contributed by atoms with Gasteiger partial charge in [0, 0.05) is 35.8 Å². The Morgan fingerprint density at radius 2 is 1.74 bits per heavy atom. The van der Waals surface area contributed by atoms with Crippen molar-refractivity contribution in [3.8, 4) is 0 Å². The van der Waals surface area contributed by atoms with E-state index in [1.54, 1.807) is 24.3 Å². The number of rotatable bonds is 10. The molecule has 0 aliphatic rings. The van der Waals surface area contributed by atoms with Gasteiger partial charge in [-0.25, -0.2) is 8.42 Å². The predicted octanol–water partition coefficient (Wildman–Crippen LogP) is 5.00. The summed E-state index contributed by atoms with van der Waals surface area (Å²) in [6.45, 7) is 8.27. The molecule has 0 bridgehead atoms. The SMILES string of the molecule is CC(C)CN(CC(C)C)S(=O)(=O)c1cc([N+](=O)[O-])ccc1N/N=C/c1ccccc1Cl. The first-order chi connectivity index (χ1) is 14.5. The van der Waals surface area contributed by atoms with Gasteiger partial charge in [0.25, 0.3) is 5.69 Å². The molecule has 10 heteroatoms. The third kappa shape index (κ3) is 6.75. The molecule has 0 heterocycles. The smallest absolute Gasteiger partial charge is 0.270 e. The average Bonchev–Trinajstić information content (AvgIpc) is 2.68. The van der Waals surface area contributed by atoms with Crippen LogP contribution in [0, 0.1) is 22.0 Å². The molecule has 0 spiro atoms. The molecule has 0 saturated heterocycles. The van der Waals surface area contributed by atoms with Crippen molar-refractivity contribution >= 4 is 39.2 Å². The van der Waals surface area contributed by atoms with E-state index in [2.05, 4.69) is 10.5 Å². The predicted molar refractivity (Wildman–Crippen MR) is 124 cm³/mol. The number of anilines is 1. The quantitative estimate of drug-likeness (QED) is 0.301. The summed E-state index contributed by atoms with van der Waals surface area (Å²) in [5, 5.41) is 15.9. The zero-order chi connectivity index (χ0) is 23.2. The van der Waals surface area contributed by atoms with Crippen molar-refractivity contribution in [2.45, 2.75) is 32.6 Å². The standard InChI is InChI=1S/C21H27ClN4O4S/c1-15(2)13-25(14-16(3)4)31(29,30)21-11-18(26(27)28)9-10-20(21)24-23-12-17-7-5-6-8-19(17)22/h5-12,15-16,24H,13-14H2,1-4H3/b23-12+. The summed E-state index contributed by atoms with van der Waals surface area (Å²) in [6, 6.07) is 10.7. The summed E-state index contributed by atoms with van der Waals surface area (Å²) in [6.07, 6.45) is 1.46. The van der Waals surface area contributed by atoms with Crippen LogP contribution in [0.4, 0.5) is 11.4 Å². The fourth-order valence-corrected chi connectivity index (χ4v) is 5.02. The first-order valence-corrected chi connectivity index (χ1v) is 11.7. The molecule has 2 aromatic carbocycles. The average molecular weight is 467 g/mol. The number of sulfonamides is 1.